The zero-order chi connectivity index (χ0) is 14.5. The largest absolute Gasteiger partial charge is 0.497 e. The van der Waals surface area contributed by atoms with Gasteiger partial charge in [-0.1, -0.05) is 19.1 Å². The van der Waals surface area contributed by atoms with Crippen molar-refractivity contribution in [2.75, 3.05) is 26.7 Å². The van der Waals surface area contributed by atoms with Crippen LogP contribution in [0.15, 0.2) is 24.3 Å². The fourth-order valence-electron chi connectivity index (χ4n) is 2.20. The number of ether oxygens (including phenoxy) is 1. The lowest BCUT2D eigenvalue weighted by atomic mass is 9.88. The average Bonchev–Trinajstić information content (AvgIpc) is 2.42. The minimum atomic E-state index is -0.722. The summed E-state index contributed by atoms with van der Waals surface area (Å²) in [6.45, 7) is 3.94. The first-order chi connectivity index (χ1) is 9.61. The number of rotatable bonds is 6. The number of amides is 1. The molecule has 2 unspecified atom stereocenters. The Morgan fingerprint density at radius 1 is 1.55 bits per heavy atom. The molecule has 1 aromatic rings. The number of methoxy groups -OCH3 is 1. The summed E-state index contributed by atoms with van der Waals surface area (Å²) in [5, 5.41) is 16.1. The summed E-state index contributed by atoms with van der Waals surface area (Å²) in [5.41, 5.74) is 0.739. The smallest absolute Gasteiger partial charge is 0.223 e. The van der Waals surface area contributed by atoms with Crippen molar-refractivity contribution < 1.29 is 14.6 Å². The van der Waals surface area contributed by atoms with Crippen molar-refractivity contribution in [1.29, 1.82) is 0 Å². The minimum absolute atomic E-state index is 0.00144. The fraction of sp³-hybridized carbons (Fsp3) is 0.533. The Labute approximate surface area is 119 Å². The van der Waals surface area contributed by atoms with Gasteiger partial charge in [-0.05, 0) is 36.7 Å². The summed E-state index contributed by atoms with van der Waals surface area (Å²) >= 11 is 0. The van der Waals surface area contributed by atoms with E-state index in [2.05, 4.69) is 10.6 Å². The quantitative estimate of drug-likeness (QED) is 0.716. The van der Waals surface area contributed by atoms with Crippen LogP contribution in [0.4, 0.5) is 0 Å². The zero-order valence-electron chi connectivity index (χ0n) is 11.9. The van der Waals surface area contributed by atoms with Crippen LogP contribution in [0, 0.1) is 11.8 Å². The molecule has 0 bridgehead atoms. The highest BCUT2D eigenvalue weighted by atomic mass is 16.5. The Kier molecular flexibility index (Phi) is 4.98. The van der Waals surface area contributed by atoms with Crippen LogP contribution in [0.2, 0.25) is 0 Å². The molecule has 1 fully saturated rings. The lowest BCUT2D eigenvalue weighted by molar-refractivity contribution is -0.127. The third-order valence-corrected chi connectivity index (χ3v) is 3.88. The number of aliphatic hydroxyl groups is 1. The molecule has 1 heterocycles. The van der Waals surface area contributed by atoms with E-state index in [-0.39, 0.29) is 18.4 Å². The Hall–Kier alpha value is -1.59. The van der Waals surface area contributed by atoms with E-state index in [1.54, 1.807) is 13.2 Å². The van der Waals surface area contributed by atoms with Gasteiger partial charge in [0.05, 0.1) is 13.2 Å². The first-order valence-corrected chi connectivity index (χ1v) is 6.92. The van der Waals surface area contributed by atoms with Gasteiger partial charge in [-0.3, -0.25) is 4.79 Å². The van der Waals surface area contributed by atoms with Crippen molar-refractivity contribution in [2.45, 2.75) is 13.0 Å². The number of benzene rings is 1. The molecule has 1 aliphatic heterocycles. The predicted octanol–water partition coefficient (Wildman–Crippen LogP) is 0.700. The van der Waals surface area contributed by atoms with Crippen LogP contribution < -0.4 is 15.4 Å². The van der Waals surface area contributed by atoms with Gasteiger partial charge >= 0.3 is 0 Å². The van der Waals surface area contributed by atoms with Gasteiger partial charge in [-0.15, -0.1) is 0 Å². The maximum Gasteiger partial charge on any atom is 0.223 e. The molecule has 1 aromatic carbocycles. The van der Waals surface area contributed by atoms with Gasteiger partial charge in [-0.25, -0.2) is 0 Å². The van der Waals surface area contributed by atoms with Crippen molar-refractivity contribution in [3.8, 4) is 5.75 Å². The predicted molar refractivity (Wildman–Crippen MR) is 76.5 cm³/mol. The molecule has 1 amide bonds. The summed E-state index contributed by atoms with van der Waals surface area (Å²) in [5.74, 6) is 1.08. The van der Waals surface area contributed by atoms with Gasteiger partial charge in [0.25, 0.3) is 0 Å². The van der Waals surface area contributed by atoms with Gasteiger partial charge in [0, 0.05) is 12.5 Å². The molecular weight excluding hydrogens is 256 g/mol. The second kappa shape index (κ2) is 6.72. The third kappa shape index (κ3) is 3.49. The number of carbonyl (C=O) groups excluding carboxylic acids is 1. The number of hydrogen-bond acceptors (Lipinski definition) is 4. The molecule has 5 nitrogen and oxygen atoms in total. The Morgan fingerprint density at radius 3 is 2.90 bits per heavy atom. The van der Waals surface area contributed by atoms with Crippen LogP contribution in [-0.2, 0) is 4.79 Å². The van der Waals surface area contributed by atoms with E-state index in [0.29, 0.717) is 11.7 Å². The monoisotopic (exact) mass is 278 g/mol. The molecule has 1 aliphatic rings. The van der Waals surface area contributed by atoms with Crippen molar-refractivity contribution >= 4 is 5.91 Å². The van der Waals surface area contributed by atoms with Crippen molar-refractivity contribution in [3.63, 3.8) is 0 Å². The maximum absolute atomic E-state index is 12.0. The minimum Gasteiger partial charge on any atom is -0.497 e. The van der Waals surface area contributed by atoms with E-state index < -0.39 is 6.10 Å². The summed E-state index contributed by atoms with van der Waals surface area (Å²) in [4.78, 5) is 12.0. The highest BCUT2D eigenvalue weighted by molar-refractivity contribution is 5.78. The fourth-order valence-corrected chi connectivity index (χ4v) is 2.20. The van der Waals surface area contributed by atoms with Crippen molar-refractivity contribution in [1.82, 2.24) is 10.6 Å². The van der Waals surface area contributed by atoms with Gasteiger partial charge < -0.3 is 20.5 Å². The van der Waals surface area contributed by atoms with E-state index in [9.17, 15) is 9.90 Å². The summed E-state index contributed by atoms with van der Waals surface area (Å²) in [7, 11) is 1.58. The lowest BCUT2D eigenvalue weighted by Gasteiger charge is -2.31. The Balaban J connectivity index is 1.84. The molecule has 0 saturated carbocycles. The third-order valence-electron chi connectivity index (χ3n) is 3.88. The summed E-state index contributed by atoms with van der Waals surface area (Å²) in [6.07, 6.45) is -0.722. The second-order valence-electron chi connectivity index (χ2n) is 5.24. The van der Waals surface area contributed by atoms with Crippen LogP contribution in [0.5, 0.6) is 5.75 Å². The molecular formula is C15H22N2O3. The van der Waals surface area contributed by atoms with Crippen LogP contribution >= 0.6 is 0 Å². The van der Waals surface area contributed by atoms with Crippen molar-refractivity contribution in [2.24, 2.45) is 11.8 Å². The second-order valence-corrected chi connectivity index (χ2v) is 5.24. The molecule has 0 aromatic heterocycles. The van der Waals surface area contributed by atoms with Crippen LogP contribution in [-0.4, -0.2) is 37.8 Å². The molecule has 3 N–H and O–H groups in total. The van der Waals surface area contributed by atoms with Crippen LogP contribution in [0.25, 0.3) is 0 Å². The average molecular weight is 278 g/mol. The SMILES string of the molecule is COc1cccc(C(O)CNC(=O)C(C)C2CNC2)c1. The van der Waals surface area contributed by atoms with E-state index in [1.165, 1.54) is 0 Å². The zero-order valence-corrected chi connectivity index (χ0v) is 11.9. The first-order valence-electron chi connectivity index (χ1n) is 6.92. The van der Waals surface area contributed by atoms with Gasteiger partial charge in [0.2, 0.25) is 5.91 Å². The van der Waals surface area contributed by atoms with Crippen LogP contribution in [0.3, 0.4) is 0 Å². The molecule has 0 radical (unpaired) electrons. The van der Waals surface area contributed by atoms with Crippen molar-refractivity contribution in [3.05, 3.63) is 29.8 Å². The standard InChI is InChI=1S/C15H22N2O3/c1-10(12-7-16-8-12)15(19)17-9-14(18)11-4-3-5-13(6-11)20-2/h3-6,10,12,14,16,18H,7-9H2,1-2H3,(H,17,19). The molecule has 2 atom stereocenters. The Morgan fingerprint density at radius 2 is 2.30 bits per heavy atom. The van der Waals surface area contributed by atoms with Crippen LogP contribution in [0.1, 0.15) is 18.6 Å². The molecule has 2 rings (SSSR count). The molecule has 5 heteroatoms. The number of carbonyl (C=O) groups is 1. The molecule has 0 spiro atoms. The number of hydrogen-bond donors (Lipinski definition) is 3. The molecule has 0 aliphatic carbocycles. The normalized spacial score (nSPS) is 17.9. The highest BCUT2D eigenvalue weighted by Crippen LogP contribution is 2.19. The van der Waals surface area contributed by atoms with E-state index in [1.807, 2.05) is 25.1 Å². The molecule has 1 saturated heterocycles. The topological polar surface area (TPSA) is 70.6 Å². The highest BCUT2D eigenvalue weighted by Gasteiger charge is 2.28. The summed E-state index contributed by atoms with van der Waals surface area (Å²) < 4.78 is 5.12. The number of aliphatic hydroxyl groups excluding tert-OH is 1. The first kappa shape index (κ1) is 14.8. The van der Waals surface area contributed by atoms with E-state index >= 15 is 0 Å². The van der Waals surface area contributed by atoms with E-state index in [4.69, 9.17) is 4.74 Å². The molecule has 110 valence electrons. The van der Waals surface area contributed by atoms with Gasteiger partial charge in [0.1, 0.15) is 5.75 Å². The van der Waals surface area contributed by atoms with E-state index in [0.717, 1.165) is 18.7 Å². The van der Waals surface area contributed by atoms with Gasteiger partial charge in [0.15, 0.2) is 0 Å². The maximum atomic E-state index is 12.0. The summed E-state index contributed by atoms with van der Waals surface area (Å²) in [6, 6.07) is 7.23. The molecule has 20 heavy (non-hydrogen) atoms. The lowest BCUT2D eigenvalue weighted by Crippen LogP contribution is -2.50. The number of nitrogens with one attached hydrogen (secondary N) is 2. The Bertz CT molecular complexity index is 460. The van der Waals surface area contributed by atoms with Gasteiger partial charge in [-0.2, -0.15) is 0 Å².